The van der Waals surface area contributed by atoms with Crippen molar-refractivity contribution in [2.24, 2.45) is 5.92 Å². The molecule has 3 aromatic rings. The smallest absolute Gasteiger partial charge is 0.201 e. The first-order valence-electron chi connectivity index (χ1n) is 8.87. The number of nitrogens with one attached hydrogen (secondary N) is 1. The second-order valence-corrected chi connectivity index (χ2v) is 8.55. The van der Waals surface area contributed by atoms with Crippen LogP contribution >= 0.6 is 0 Å². The molecule has 0 saturated heterocycles. The Balaban J connectivity index is 1.93. The van der Waals surface area contributed by atoms with E-state index in [4.69, 9.17) is 4.52 Å². The summed E-state index contributed by atoms with van der Waals surface area (Å²) in [5, 5.41) is 4.57. The van der Waals surface area contributed by atoms with Gasteiger partial charge < -0.3 is 9.51 Å². The topological polar surface area (TPSA) is 93.0 Å². The number of rotatable bonds is 5. The number of aromatic nitrogens is 2. The second-order valence-electron chi connectivity index (χ2n) is 7.16. The highest BCUT2D eigenvalue weighted by Crippen LogP contribution is 2.34. The van der Waals surface area contributed by atoms with Gasteiger partial charge in [0.1, 0.15) is 10.8 Å². The zero-order chi connectivity index (χ0) is 19.3. The summed E-state index contributed by atoms with van der Waals surface area (Å²) in [6, 6.07) is 5.48. The zero-order valence-electron chi connectivity index (χ0n) is 15.4. The monoisotopic (exact) mass is 384 g/mol. The van der Waals surface area contributed by atoms with Gasteiger partial charge in [-0.05, 0) is 44.7 Å². The molecule has 2 aromatic heterocycles. The summed E-state index contributed by atoms with van der Waals surface area (Å²) in [7, 11) is -1.62. The van der Waals surface area contributed by atoms with Crippen LogP contribution in [0.1, 0.15) is 45.8 Å². The minimum absolute atomic E-state index is 0.0391. The lowest BCUT2D eigenvalue weighted by molar-refractivity contribution is 0.0963. The largest absolute Gasteiger partial charge is 0.361 e. The predicted molar refractivity (Wildman–Crippen MR) is 102 cm³/mol. The van der Waals surface area contributed by atoms with Gasteiger partial charge in [-0.3, -0.25) is 13.8 Å². The van der Waals surface area contributed by atoms with E-state index < -0.39 is 10.8 Å². The molecule has 1 unspecified atom stereocenters. The van der Waals surface area contributed by atoms with Crippen molar-refractivity contribution in [2.75, 3.05) is 0 Å². The molecule has 1 N–H and O–H groups in total. The van der Waals surface area contributed by atoms with Gasteiger partial charge in [0.05, 0.1) is 33.3 Å². The van der Waals surface area contributed by atoms with Crippen LogP contribution in [0, 0.1) is 26.7 Å². The summed E-state index contributed by atoms with van der Waals surface area (Å²) in [6.07, 6.45) is 1.55. The molecule has 0 spiro atoms. The molecule has 1 aromatic carbocycles. The lowest BCUT2D eigenvalue weighted by Crippen LogP contribution is -2.23. The summed E-state index contributed by atoms with van der Waals surface area (Å²) in [5.41, 5.74) is 2.53. The van der Waals surface area contributed by atoms with E-state index in [1.807, 2.05) is 26.0 Å². The summed E-state index contributed by atoms with van der Waals surface area (Å²) >= 11 is 0. The maximum absolute atomic E-state index is 13.2. The molecule has 6 nitrogen and oxygen atoms in total. The van der Waals surface area contributed by atoms with E-state index in [1.54, 1.807) is 13.0 Å². The maximum Gasteiger partial charge on any atom is 0.201 e. The highest BCUT2D eigenvalue weighted by atomic mass is 32.2. The molecule has 0 radical (unpaired) electrons. The Labute approximate surface area is 158 Å². The van der Waals surface area contributed by atoms with Crippen molar-refractivity contribution >= 4 is 27.5 Å². The quantitative estimate of drug-likeness (QED) is 0.681. The van der Waals surface area contributed by atoms with Crippen molar-refractivity contribution in [1.29, 1.82) is 0 Å². The van der Waals surface area contributed by atoms with Gasteiger partial charge in [0, 0.05) is 17.4 Å². The first kappa shape index (κ1) is 17.9. The average molecular weight is 384 g/mol. The molecule has 140 valence electrons. The number of aryl methyl sites for hydroxylation is 3. The first-order valence-corrected chi connectivity index (χ1v) is 10.2. The van der Waals surface area contributed by atoms with Crippen molar-refractivity contribution < 1.29 is 13.5 Å². The van der Waals surface area contributed by atoms with Crippen molar-refractivity contribution in [2.45, 2.75) is 44.4 Å². The predicted octanol–water partition coefficient (Wildman–Crippen LogP) is 3.34. The van der Waals surface area contributed by atoms with Gasteiger partial charge in [-0.1, -0.05) is 17.3 Å². The lowest BCUT2D eigenvalue weighted by Gasteiger charge is -2.12. The van der Waals surface area contributed by atoms with Crippen molar-refractivity contribution in [3.63, 3.8) is 0 Å². The number of Topliss-reactive ketones (excluding diaryl/α,β-unsaturated/α-hetero) is 1. The molecule has 0 bridgehead atoms. The van der Waals surface area contributed by atoms with Crippen LogP contribution in [-0.4, -0.2) is 20.1 Å². The SMILES string of the molecule is Cc1cc(CS(=O)c2[nH]c3c(C)ccc(C)c3c(=O)c2C(=O)C2CC2)no1. The Kier molecular flexibility index (Phi) is 4.34. The Morgan fingerprint density at radius 2 is 1.96 bits per heavy atom. The third kappa shape index (κ3) is 3.16. The highest BCUT2D eigenvalue weighted by molar-refractivity contribution is 7.84. The minimum Gasteiger partial charge on any atom is -0.361 e. The molecule has 4 rings (SSSR count). The maximum atomic E-state index is 13.2. The summed E-state index contributed by atoms with van der Waals surface area (Å²) < 4.78 is 18.1. The summed E-state index contributed by atoms with van der Waals surface area (Å²) in [4.78, 5) is 29.3. The molecule has 1 aliphatic carbocycles. The number of pyridine rings is 1. The van der Waals surface area contributed by atoms with Gasteiger partial charge in [-0.25, -0.2) is 0 Å². The van der Waals surface area contributed by atoms with Crippen LogP contribution in [0.15, 0.2) is 32.5 Å². The van der Waals surface area contributed by atoms with Crippen LogP contribution in [0.4, 0.5) is 0 Å². The number of benzene rings is 1. The molecular weight excluding hydrogens is 364 g/mol. The van der Waals surface area contributed by atoms with Gasteiger partial charge in [0.15, 0.2) is 5.78 Å². The number of ketones is 1. The molecule has 1 fully saturated rings. The number of hydrogen-bond donors (Lipinski definition) is 1. The third-order valence-corrected chi connectivity index (χ3v) is 6.24. The Morgan fingerprint density at radius 1 is 1.26 bits per heavy atom. The van der Waals surface area contributed by atoms with E-state index in [-0.39, 0.29) is 33.5 Å². The number of H-pyrrole nitrogens is 1. The van der Waals surface area contributed by atoms with E-state index in [0.29, 0.717) is 22.4 Å². The van der Waals surface area contributed by atoms with Gasteiger partial charge in [0.25, 0.3) is 0 Å². The lowest BCUT2D eigenvalue weighted by atomic mass is 10.0. The molecule has 0 aliphatic heterocycles. The molecular formula is C20H20N2O4S. The number of nitrogens with zero attached hydrogens (tertiary/aromatic N) is 1. The van der Waals surface area contributed by atoms with Crippen LogP contribution in [0.25, 0.3) is 10.9 Å². The van der Waals surface area contributed by atoms with E-state index in [1.165, 1.54) is 0 Å². The number of hydrogen-bond acceptors (Lipinski definition) is 5. The Hall–Kier alpha value is -2.54. The van der Waals surface area contributed by atoms with Crippen molar-refractivity contribution in [3.8, 4) is 0 Å². The number of carbonyl (C=O) groups is 1. The van der Waals surface area contributed by atoms with Crippen LogP contribution in [-0.2, 0) is 16.6 Å². The third-order valence-electron chi connectivity index (χ3n) is 4.92. The number of carbonyl (C=O) groups excluding carboxylic acids is 1. The fourth-order valence-electron chi connectivity index (χ4n) is 3.31. The normalized spacial score (nSPS) is 15.2. The molecule has 1 saturated carbocycles. The molecule has 7 heteroatoms. The number of aromatic amines is 1. The van der Waals surface area contributed by atoms with Gasteiger partial charge in [0.2, 0.25) is 5.43 Å². The fourth-order valence-corrected chi connectivity index (χ4v) is 4.49. The summed E-state index contributed by atoms with van der Waals surface area (Å²) in [5.74, 6) is 0.349. The van der Waals surface area contributed by atoms with Gasteiger partial charge in [-0.15, -0.1) is 0 Å². The summed E-state index contributed by atoms with van der Waals surface area (Å²) in [6.45, 7) is 5.48. The van der Waals surface area contributed by atoms with Crippen LogP contribution in [0.2, 0.25) is 0 Å². The van der Waals surface area contributed by atoms with Gasteiger partial charge >= 0.3 is 0 Å². The standard InChI is InChI=1S/C20H20N2O4S/c1-10-4-5-11(2)17-15(10)19(24)16(18(23)13-6-7-13)20(21-17)27(25)9-14-8-12(3)26-22-14/h4-5,8,13H,6-7,9H2,1-3H3,(H,21,24). The second kappa shape index (κ2) is 6.56. The van der Waals surface area contributed by atoms with Gasteiger partial charge in [-0.2, -0.15) is 0 Å². The Bertz CT molecular complexity index is 1150. The first-order chi connectivity index (χ1) is 12.9. The zero-order valence-corrected chi connectivity index (χ0v) is 16.2. The van der Waals surface area contributed by atoms with E-state index in [2.05, 4.69) is 10.1 Å². The van der Waals surface area contributed by atoms with Crippen LogP contribution in [0.5, 0.6) is 0 Å². The molecule has 1 aliphatic rings. The van der Waals surface area contributed by atoms with Crippen LogP contribution < -0.4 is 5.43 Å². The molecule has 0 amide bonds. The minimum atomic E-state index is -1.62. The van der Waals surface area contributed by atoms with E-state index in [9.17, 15) is 13.8 Å². The van der Waals surface area contributed by atoms with Crippen molar-refractivity contribution in [3.05, 3.63) is 56.6 Å². The fraction of sp³-hybridized carbons (Fsp3) is 0.350. The van der Waals surface area contributed by atoms with Crippen LogP contribution in [0.3, 0.4) is 0 Å². The highest BCUT2D eigenvalue weighted by Gasteiger charge is 2.35. The Morgan fingerprint density at radius 3 is 2.59 bits per heavy atom. The van der Waals surface area contributed by atoms with E-state index >= 15 is 0 Å². The molecule has 27 heavy (non-hydrogen) atoms. The van der Waals surface area contributed by atoms with E-state index in [0.717, 1.165) is 24.0 Å². The number of fused-ring (bicyclic) bond motifs is 1. The molecule has 1 atom stereocenters. The van der Waals surface area contributed by atoms with Crippen molar-refractivity contribution in [1.82, 2.24) is 10.1 Å². The molecule has 2 heterocycles. The average Bonchev–Trinajstić information content (AvgIpc) is 3.40.